The third-order valence-corrected chi connectivity index (χ3v) is 6.29. The molecule has 0 heterocycles. The molecule has 0 saturated heterocycles. The van der Waals surface area contributed by atoms with Gasteiger partial charge in [-0.05, 0) is 81.1 Å². The second kappa shape index (κ2) is 5.37. The first-order valence-electron chi connectivity index (χ1n) is 8.59. The van der Waals surface area contributed by atoms with E-state index >= 15 is 0 Å². The third-order valence-electron chi connectivity index (χ3n) is 6.29. The monoisotopic (exact) mass is 264 g/mol. The van der Waals surface area contributed by atoms with Gasteiger partial charge in [-0.15, -0.1) is 0 Å². The van der Waals surface area contributed by atoms with E-state index in [9.17, 15) is 0 Å². The van der Waals surface area contributed by atoms with Crippen molar-refractivity contribution in [3.05, 3.63) is 0 Å². The molecular weight excluding hydrogens is 232 g/mol. The van der Waals surface area contributed by atoms with E-state index in [4.69, 9.17) is 5.73 Å². The van der Waals surface area contributed by atoms with Crippen molar-refractivity contribution < 1.29 is 0 Å². The lowest BCUT2D eigenvalue weighted by atomic mass is 9.69. The summed E-state index contributed by atoms with van der Waals surface area (Å²) >= 11 is 0. The Balaban J connectivity index is 1.59. The van der Waals surface area contributed by atoms with Crippen molar-refractivity contribution in [3.63, 3.8) is 0 Å². The Morgan fingerprint density at radius 3 is 2.21 bits per heavy atom. The number of hydrogen-bond acceptors (Lipinski definition) is 2. The summed E-state index contributed by atoms with van der Waals surface area (Å²) in [4.78, 5) is 0. The van der Waals surface area contributed by atoms with Gasteiger partial charge >= 0.3 is 0 Å². The van der Waals surface area contributed by atoms with Crippen molar-refractivity contribution >= 4 is 0 Å². The van der Waals surface area contributed by atoms with E-state index < -0.39 is 0 Å². The lowest BCUT2D eigenvalue weighted by Crippen LogP contribution is -2.59. The molecule has 3 unspecified atom stereocenters. The quantitative estimate of drug-likeness (QED) is 0.773. The van der Waals surface area contributed by atoms with Gasteiger partial charge in [-0.1, -0.05) is 13.8 Å². The Morgan fingerprint density at radius 2 is 1.74 bits per heavy atom. The molecule has 0 aromatic carbocycles. The standard InChI is InChI=1S/C17H32N2/c1-12-7-8-17(11-18,13(2)9-12)19-10-16(14-3-4-14)15-5-6-15/h12-16,19H,3-11,18H2,1-2H3. The summed E-state index contributed by atoms with van der Waals surface area (Å²) in [6.45, 7) is 6.88. The number of hydrogen-bond donors (Lipinski definition) is 2. The molecule has 0 bridgehead atoms. The van der Waals surface area contributed by atoms with E-state index in [1.54, 1.807) is 0 Å². The van der Waals surface area contributed by atoms with E-state index in [1.807, 2.05) is 0 Å². The van der Waals surface area contributed by atoms with Gasteiger partial charge < -0.3 is 11.1 Å². The average molecular weight is 264 g/mol. The van der Waals surface area contributed by atoms with Gasteiger partial charge in [-0.3, -0.25) is 0 Å². The Bertz CT molecular complexity index is 296. The van der Waals surface area contributed by atoms with Crippen LogP contribution in [-0.4, -0.2) is 18.6 Å². The van der Waals surface area contributed by atoms with Crippen LogP contribution in [0.15, 0.2) is 0 Å². The SMILES string of the molecule is CC1CCC(CN)(NCC(C2CC2)C2CC2)C(C)C1. The highest BCUT2D eigenvalue weighted by molar-refractivity contribution is 5.00. The summed E-state index contributed by atoms with van der Waals surface area (Å²) in [5.74, 6) is 4.69. The number of nitrogens with two attached hydrogens (primary N) is 1. The number of nitrogens with one attached hydrogen (secondary N) is 1. The summed E-state index contributed by atoms with van der Waals surface area (Å²) in [5, 5.41) is 3.97. The molecule has 3 aliphatic carbocycles. The van der Waals surface area contributed by atoms with Gasteiger partial charge in [0, 0.05) is 12.1 Å². The van der Waals surface area contributed by atoms with Crippen LogP contribution in [0.25, 0.3) is 0 Å². The molecule has 19 heavy (non-hydrogen) atoms. The molecule has 0 aliphatic heterocycles. The van der Waals surface area contributed by atoms with Crippen LogP contribution in [0, 0.1) is 29.6 Å². The van der Waals surface area contributed by atoms with E-state index in [2.05, 4.69) is 19.2 Å². The zero-order chi connectivity index (χ0) is 13.5. The first-order valence-corrected chi connectivity index (χ1v) is 8.59. The predicted octanol–water partition coefficient (Wildman–Crippen LogP) is 3.17. The molecule has 2 nitrogen and oxygen atoms in total. The fraction of sp³-hybridized carbons (Fsp3) is 1.00. The fourth-order valence-electron chi connectivity index (χ4n) is 4.42. The summed E-state index contributed by atoms with van der Waals surface area (Å²) in [6.07, 6.45) is 9.95. The molecule has 3 atom stereocenters. The smallest absolute Gasteiger partial charge is 0.0330 e. The topological polar surface area (TPSA) is 38.0 Å². The van der Waals surface area contributed by atoms with Gasteiger partial charge in [0.25, 0.3) is 0 Å². The summed E-state index contributed by atoms with van der Waals surface area (Å²) < 4.78 is 0. The van der Waals surface area contributed by atoms with Crippen molar-refractivity contribution in [3.8, 4) is 0 Å². The highest BCUT2D eigenvalue weighted by atomic mass is 15.0. The minimum Gasteiger partial charge on any atom is -0.329 e. The van der Waals surface area contributed by atoms with Crippen LogP contribution in [0.3, 0.4) is 0 Å². The molecule has 0 radical (unpaired) electrons. The van der Waals surface area contributed by atoms with Gasteiger partial charge in [0.2, 0.25) is 0 Å². The van der Waals surface area contributed by atoms with E-state index in [0.29, 0.717) is 0 Å². The third kappa shape index (κ3) is 3.00. The molecule has 0 amide bonds. The molecule has 3 aliphatic rings. The molecule has 0 aromatic heterocycles. The minimum absolute atomic E-state index is 0.245. The molecule has 3 rings (SSSR count). The highest BCUT2D eigenvalue weighted by Crippen LogP contribution is 2.49. The molecule has 3 N–H and O–H groups in total. The van der Waals surface area contributed by atoms with Crippen LogP contribution < -0.4 is 11.1 Å². The highest BCUT2D eigenvalue weighted by Gasteiger charge is 2.44. The summed E-state index contributed by atoms with van der Waals surface area (Å²) in [6, 6.07) is 0. The molecule has 0 spiro atoms. The maximum Gasteiger partial charge on any atom is 0.0330 e. The van der Waals surface area contributed by atoms with Crippen LogP contribution in [0.1, 0.15) is 58.8 Å². The Morgan fingerprint density at radius 1 is 1.11 bits per heavy atom. The largest absolute Gasteiger partial charge is 0.329 e. The Hall–Kier alpha value is -0.0800. The van der Waals surface area contributed by atoms with E-state index in [1.165, 1.54) is 51.5 Å². The van der Waals surface area contributed by atoms with Gasteiger partial charge in [-0.25, -0.2) is 0 Å². The first-order chi connectivity index (χ1) is 9.14. The maximum absolute atomic E-state index is 6.18. The second-order valence-electron chi connectivity index (χ2n) is 7.86. The minimum atomic E-state index is 0.245. The first kappa shape index (κ1) is 13.9. The molecule has 110 valence electrons. The molecule has 3 fully saturated rings. The molecule has 3 saturated carbocycles. The predicted molar refractivity (Wildman–Crippen MR) is 80.9 cm³/mol. The van der Waals surface area contributed by atoms with Crippen molar-refractivity contribution in [1.82, 2.24) is 5.32 Å². The van der Waals surface area contributed by atoms with Gasteiger partial charge in [0.1, 0.15) is 0 Å². The average Bonchev–Trinajstić information content (AvgIpc) is 3.26. The summed E-state index contributed by atoms with van der Waals surface area (Å²) in [7, 11) is 0. The van der Waals surface area contributed by atoms with Crippen LogP contribution in [0.4, 0.5) is 0 Å². The zero-order valence-electron chi connectivity index (χ0n) is 12.8. The fourth-order valence-corrected chi connectivity index (χ4v) is 4.42. The van der Waals surface area contributed by atoms with Crippen LogP contribution in [-0.2, 0) is 0 Å². The Kier molecular flexibility index (Phi) is 3.92. The van der Waals surface area contributed by atoms with Crippen LogP contribution in [0.2, 0.25) is 0 Å². The zero-order valence-corrected chi connectivity index (χ0v) is 12.8. The number of rotatable bonds is 6. The van der Waals surface area contributed by atoms with Crippen molar-refractivity contribution in [2.45, 2.75) is 64.3 Å². The second-order valence-corrected chi connectivity index (χ2v) is 7.86. The van der Waals surface area contributed by atoms with Gasteiger partial charge in [-0.2, -0.15) is 0 Å². The molecule has 2 heteroatoms. The van der Waals surface area contributed by atoms with Crippen LogP contribution in [0.5, 0.6) is 0 Å². The van der Waals surface area contributed by atoms with E-state index in [0.717, 1.165) is 36.1 Å². The maximum atomic E-state index is 6.18. The lowest BCUT2D eigenvalue weighted by molar-refractivity contribution is 0.120. The normalized spacial score (nSPS) is 39.8. The lowest BCUT2D eigenvalue weighted by Gasteiger charge is -2.45. The molecular formula is C17H32N2. The van der Waals surface area contributed by atoms with E-state index in [-0.39, 0.29) is 5.54 Å². The van der Waals surface area contributed by atoms with Crippen molar-refractivity contribution in [1.29, 1.82) is 0 Å². The summed E-state index contributed by atoms with van der Waals surface area (Å²) in [5.41, 5.74) is 6.43. The van der Waals surface area contributed by atoms with Crippen molar-refractivity contribution in [2.75, 3.05) is 13.1 Å². The van der Waals surface area contributed by atoms with Crippen LogP contribution >= 0.6 is 0 Å². The van der Waals surface area contributed by atoms with Gasteiger partial charge in [0.05, 0.1) is 0 Å². The van der Waals surface area contributed by atoms with Crippen molar-refractivity contribution in [2.24, 2.45) is 35.3 Å². The molecule has 0 aromatic rings. The van der Waals surface area contributed by atoms with Gasteiger partial charge in [0.15, 0.2) is 0 Å². The Labute approximate surface area is 118 Å².